The van der Waals surface area contributed by atoms with Crippen LogP contribution in [0.1, 0.15) is 15.9 Å². The van der Waals surface area contributed by atoms with Crippen LogP contribution in [0.2, 0.25) is 0 Å². The maximum absolute atomic E-state index is 11.9. The number of hydrogen-bond donors (Lipinski definition) is 1. The van der Waals surface area contributed by atoms with Crippen LogP contribution in [-0.4, -0.2) is 11.1 Å². The van der Waals surface area contributed by atoms with Crippen LogP contribution >= 0.6 is 45.2 Å². The van der Waals surface area contributed by atoms with E-state index in [9.17, 15) is 9.90 Å². The molecule has 0 radical (unpaired) electrons. The topological polar surface area (TPSA) is 46.5 Å². The van der Waals surface area contributed by atoms with Crippen molar-refractivity contribution in [3.05, 3.63) is 60.7 Å². The Morgan fingerprint density at radius 1 is 1.11 bits per heavy atom. The Labute approximate surface area is 138 Å². The molecule has 0 spiro atoms. The van der Waals surface area contributed by atoms with E-state index in [2.05, 4.69) is 0 Å². The lowest BCUT2D eigenvalue weighted by atomic mass is 10.2. The molecule has 2 aromatic rings. The first-order valence-electron chi connectivity index (χ1n) is 5.47. The highest BCUT2D eigenvalue weighted by molar-refractivity contribution is 14.1. The highest BCUT2D eigenvalue weighted by atomic mass is 127. The number of rotatable bonds is 3. The van der Waals surface area contributed by atoms with Crippen LogP contribution in [-0.2, 0) is 11.3 Å². The first-order chi connectivity index (χ1) is 9.08. The molecule has 3 nitrogen and oxygen atoms in total. The number of phenolic OH excluding ortho intramolecular Hbond substituents is 1. The van der Waals surface area contributed by atoms with E-state index in [1.165, 1.54) is 0 Å². The lowest BCUT2D eigenvalue weighted by Gasteiger charge is -2.07. The number of benzene rings is 2. The van der Waals surface area contributed by atoms with Crippen LogP contribution in [0.25, 0.3) is 0 Å². The van der Waals surface area contributed by atoms with Gasteiger partial charge in [0.05, 0.1) is 12.7 Å². The molecule has 0 saturated carbocycles. The molecule has 2 rings (SSSR count). The molecule has 5 heteroatoms. The number of halogens is 2. The highest BCUT2D eigenvalue weighted by Crippen LogP contribution is 2.27. The fourth-order valence-electron chi connectivity index (χ4n) is 1.49. The number of carbonyl (C=O) groups is 1. The first kappa shape index (κ1) is 14.6. The molecule has 0 saturated heterocycles. The second-order valence-corrected chi connectivity index (χ2v) is 6.17. The zero-order valence-electron chi connectivity index (χ0n) is 9.77. The van der Waals surface area contributed by atoms with E-state index in [-0.39, 0.29) is 18.3 Å². The van der Waals surface area contributed by atoms with Crippen LogP contribution in [0.15, 0.2) is 42.5 Å². The van der Waals surface area contributed by atoms with Crippen molar-refractivity contribution in [3.63, 3.8) is 0 Å². The van der Waals surface area contributed by atoms with Crippen molar-refractivity contribution in [3.8, 4) is 5.75 Å². The summed E-state index contributed by atoms with van der Waals surface area (Å²) in [5.74, 6) is -0.194. The first-order valence-corrected chi connectivity index (χ1v) is 7.62. The molecule has 98 valence electrons. The molecule has 0 aromatic heterocycles. The normalized spacial score (nSPS) is 10.2. The number of esters is 1. The van der Waals surface area contributed by atoms with Gasteiger partial charge in [0.15, 0.2) is 0 Å². The average molecular weight is 480 g/mol. The third-order valence-corrected chi connectivity index (χ3v) is 4.11. The summed E-state index contributed by atoms with van der Waals surface area (Å²) >= 11 is 3.97. The van der Waals surface area contributed by atoms with Crippen LogP contribution in [0.3, 0.4) is 0 Å². The summed E-state index contributed by atoms with van der Waals surface area (Å²) in [5.41, 5.74) is 1.39. The number of hydrogen-bond acceptors (Lipinski definition) is 3. The molecule has 19 heavy (non-hydrogen) atoms. The quantitative estimate of drug-likeness (QED) is 0.535. The molecule has 0 bridgehead atoms. The molecule has 0 unspecified atom stereocenters. The minimum absolute atomic E-state index is 0.195. The van der Waals surface area contributed by atoms with Crippen molar-refractivity contribution < 1.29 is 14.6 Å². The fraction of sp³-hybridized carbons (Fsp3) is 0.0714. The van der Waals surface area contributed by atoms with Gasteiger partial charge in [-0.2, -0.15) is 0 Å². The molecule has 1 N–H and O–H groups in total. The van der Waals surface area contributed by atoms with Crippen LogP contribution in [0, 0.1) is 7.14 Å². The standard InChI is InChI=1S/C14H10I2O3/c15-11-6-10(7-12(16)13(11)17)14(18)19-8-9-4-2-1-3-5-9/h1-7,17H,8H2. The smallest absolute Gasteiger partial charge is 0.338 e. The molecular weight excluding hydrogens is 470 g/mol. The summed E-state index contributed by atoms with van der Waals surface area (Å²) in [5, 5.41) is 9.65. The minimum atomic E-state index is -0.389. The largest absolute Gasteiger partial charge is 0.506 e. The number of aromatic hydroxyl groups is 1. The van der Waals surface area contributed by atoms with E-state index in [1.807, 2.05) is 75.5 Å². The summed E-state index contributed by atoms with van der Waals surface area (Å²) in [7, 11) is 0. The van der Waals surface area contributed by atoms with E-state index in [1.54, 1.807) is 12.1 Å². The number of ether oxygens (including phenoxy) is 1. The van der Waals surface area contributed by atoms with Crippen LogP contribution in [0.5, 0.6) is 5.75 Å². The Morgan fingerprint density at radius 3 is 2.26 bits per heavy atom. The Balaban J connectivity index is 2.08. The lowest BCUT2D eigenvalue weighted by Crippen LogP contribution is -2.06. The van der Waals surface area contributed by atoms with Gasteiger partial charge in [0.2, 0.25) is 0 Å². The van der Waals surface area contributed by atoms with Gasteiger partial charge in [-0.25, -0.2) is 4.79 Å². The molecule has 0 fully saturated rings. The van der Waals surface area contributed by atoms with Gasteiger partial charge in [-0.15, -0.1) is 0 Å². The zero-order chi connectivity index (χ0) is 13.8. The molecule has 2 aromatic carbocycles. The van der Waals surface area contributed by atoms with Gasteiger partial charge in [-0.1, -0.05) is 30.3 Å². The van der Waals surface area contributed by atoms with E-state index in [0.717, 1.165) is 5.56 Å². The predicted molar refractivity (Wildman–Crippen MR) is 89.1 cm³/mol. The molecule has 0 aliphatic rings. The zero-order valence-corrected chi connectivity index (χ0v) is 14.1. The van der Waals surface area contributed by atoms with Gasteiger partial charge < -0.3 is 9.84 Å². The van der Waals surface area contributed by atoms with Gasteiger partial charge in [0, 0.05) is 0 Å². The van der Waals surface area contributed by atoms with Crippen molar-refractivity contribution in [2.24, 2.45) is 0 Å². The van der Waals surface area contributed by atoms with Crippen LogP contribution in [0.4, 0.5) is 0 Å². The van der Waals surface area contributed by atoms with Gasteiger partial charge >= 0.3 is 5.97 Å². The summed E-state index contributed by atoms with van der Waals surface area (Å²) in [4.78, 5) is 11.9. The van der Waals surface area contributed by atoms with Gasteiger partial charge in [-0.3, -0.25) is 0 Å². The monoisotopic (exact) mass is 480 g/mol. The molecule has 0 aliphatic carbocycles. The third-order valence-electron chi connectivity index (χ3n) is 2.47. The molecule has 0 aliphatic heterocycles. The SMILES string of the molecule is O=C(OCc1ccccc1)c1cc(I)c(O)c(I)c1. The summed E-state index contributed by atoms with van der Waals surface area (Å²) in [6.45, 7) is 0.244. The molecule has 0 atom stereocenters. The lowest BCUT2D eigenvalue weighted by molar-refractivity contribution is 0.0472. The third kappa shape index (κ3) is 3.82. The second kappa shape index (κ2) is 6.56. The predicted octanol–water partition coefficient (Wildman–Crippen LogP) is 3.96. The second-order valence-electron chi connectivity index (χ2n) is 3.85. The van der Waals surface area contributed by atoms with E-state index < -0.39 is 0 Å². The maximum atomic E-state index is 11.9. The van der Waals surface area contributed by atoms with Crippen molar-refractivity contribution in [2.45, 2.75) is 6.61 Å². The summed E-state index contributed by atoms with van der Waals surface area (Å²) in [6.07, 6.45) is 0. The van der Waals surface area contributed by atoms with E-state index in [4.69, 9.17) is 4.74 Å². The van der Waals surface area contributed by atoms with Crippen molar-refractivity contribution in [2.75, 3.05) is 0 Å². The Kier molecular flexibility index (Phi) is 5.03. The summed E-state index contributed by atoms with van der Waals surface area (Å²) in [6, 6.07) is 12.7. The number of phenols is 1. The Morgan fingerprint density at radius 2 is 1.68 bits per heavy atom. The van der Waals surface area contributed by atoms with Crippen molar-refractivity contribution in [1.29, 1.82) is 0 Å². The van der Waals surface area contributed by atoms with E-state index >= 15 is 0 Å². The molecule has 0 amide bonds. The minimum Gasteiger partial charge on any atom is -0.506 e. The van der Waals surface area contributed by atoms with Gasteiger partial charge in [0.1, 0.15) is 12.4 Å². The van der Waals surface area contributed by atoms with Crippen molar-refractivity contribution in [1.82, 2.24) is 0 Å². The average Bonchev–Trinajstić information content (AvgIpc) is 2.42. The Bertz CT molecular complexity index is 574. The Hall–Kier alpha value is -0.830. The number of carbonyl (C=O) groups excluding carboxylic acids is 1. The molecule has 0 heterocycles. The molecular formula is C14H10I2O3. The van der Waals surface area contributed by atoms with E-state index in [0.29, 0.717) is 12.7 Å². The van der Waals surface area contributed by atoms with Gasteiger partial charge in [-0.05, 0) is 62.9 Å². The van der Waals surface area contributed by atoms with Gasteiger partial charge in [0.25, 0.3) is 0 Å². The fourth-order valence-corrected chi connectivity index (χ4v) is 3.26. The highest BCUT2D eigenvalue weighted by Gasteiger charge is 2.12. The summed E-state index contributed by atoms with van der Waals surface area (Å²) < 4.78 is 6.51. The van der Waals surface area contributed by atoms with Crippen LogP contribution < -0.4 is 0 Å². The van der Waals surface area contributed by atoms with Crippen molar-refractivity contribution >= 4 is 51.2 Å². The maximum Gasteiger partial charge on any atom is 0.338 e.